The van der Waals surface area contributed by atoms with E-state index in [0.717, 1.165) is 38.2 Å². The molecule has 5 nitrogen and oxygen atoms in total. The molecule has 0 unspecified atom stereocenters. The van der Waals surface area contributed by atoms with Crippen molar-refractivity contribution in [2.75, 3.05) is 37.7 Å². The highest BCUT2D eigenvalue weighted by Gasteiger charge is 2.15. The minimum Gasteiger partial charge on any atom is -0.378 e. The third kappa shape index (κ3) is 4.60. The van der Waals surface area contributed by atoms with Crippen molar-refractivity contribution in [1.82, 2.24) is 5.32 Å². The van der Waals surface area contributed by atoms with E-state index in [1.807, 2.05) is 0 Å². The fourth-order valence-electron chi connectivity index (χ4n) is 2.21. The molecule has 1 aromatic carbocycles. The van der Waals surface area contributed by atoms with Gasteiger partial charge in [-0.15, -0.1) is 0 Å². The molecule has 0 spiro atoms. The van der Waals surface area contributed by atoms with Gasteiger partial charge in [0.15, 0.2) is 5.96 Å². The Kier molecular flexibility index (Phi) is 5.80. The number of hydrogen-bond donors (Lipinski definition) is 2. The highest BCUT2D eigenvalue weighted by molar-refractivity contribution is 5.83. The Labute approximate surface area is 125 Å². The normalized spacial score (nSPS) is 16.1. The zero-order valence-electron chi connectivity index (χ0n) is 12.4. The highest BCUT2D eigenvalue weighted by Crippen LogP contribution is 2.30. The zero-order chi connectivity index (χ0) is 15.1. The lowest BCUT2D eigenvalue weighted by molar-refractivity contribution is 0.122. The minimum absolute atomic E-state index is 0.270. The van der Waals surface area contributed by atoms with E-state index in [-0.39, 0.29) is 5.82 Å². The summed E-state index contributed by atoms with van der Waals surface area (Å²) in [5.74, 6) is 0.0949. The average Bonchev–Trinajstić information content (AvgIpc) is 2.50. The van der Waals surface area contributed by atoms with Gasteiger partial charge in [-0.1, -0.05) is 13.3 Å². The van der Waals surface area contributed by atoms with E-state index in [1.54, 1.807) is 6.07 Å². The molecule has 1 aromatic rings. The molecule has 0 aliphatic carbocycles. The van der Waals surface area contributed by atoms with E-state index in [0.29, 0.717) is 24.9 Å². The quantitative estimate of drug-likeness (QED) is 0.495. The number of halogens is 1. The lowest BCUT2D eigenvalue weighted by Crippen LogP contribution is -2.36. The van der Waals surface area contributed by atoms with Crippen LogP contribution in [0.25, 0.3) is 0 Å². The molecule has 0 radical (unpaired) electrons. The van der Waals surface area contributed by atoms with Crippen LogP contribution < -0.4 is 16.0 Å². The molecule has 6 heteroatoms. The molecular formula is C15H23FN4O. The van der Waals surface area contributed by atoms with Crippen LogP contribution in [0.1, 0.15) is 19.8 Å². The molecule has 1 aliphatic heterocycles. The van der Waals surface area contributed by atoms with Gasteiger partial charge in [0.05, 0.1) is 24.6 Å². The number of guanidine groups is 1. The molecule has 1 saturated heterocycles. The third-order valence-electron chi connectivity index (χ3n) is 3.37. The number of nitrogens with zero attached hydrogens (tertiary/aromatic N) is 2. The van der Waals surface area contributed by atoms with E-state index in [4.69, 9.17) is 10.5 Å². The summed E-state index contributed by atoms with van der Waals surface area (Å²) in [6.07, 6.45) is 2.13. The number of morpholine rings is 1. The first kappa shape index (κ1) is 15.6. The molecule has 0 aromatic heterocycles. The zero-order valence-corrected chi connectivity index (χ0v) is 12.4. The summed E-state index contributed by atoms with van der Waals surface area (Å²) >= 11 is 0. The van der Waals surface area contributed by atoms with E-state index < -0.39 is 0 Å². The number of anilines is 1. The molecule has 1 heterocycles. The number of nitrogens with one attached hydrogen (secondary N) is 1. The number of rotatable bonds is 5. The van der Waals surface area contributed by atoms with Crippen LogP contribution in [0.15, 0.2) is 23.2 Å². The van der Waals surface area contributed by atoms with Crippen LogP contribution in [0.2, 0.25) is 0 Å². The number of aliphatic imine (C=N–C) groups is 1. The predicted octanol–water partition coefficient (Wildman–Crippen LogP) is 2.00. The van der Waals surface area contributed by atoms with Crippen LogP contribution in [0, 0.1) is 5.82 Å². The smallest absolute Gasteiger partial charge is 0.193 e. The van der Waals surface area contributed by atoms with Crippen LogP contribution in [-0.2, 0) is 4.74 Å². The van der Waals surface area contributed by atoms with Crippen LogP contribution in [-0.4, -0.2) is 38.8 Å². The molecule has 21 heavy (non-hydrogen) atoms. The fraction of sp³-hybridized carbons (Fsp3) is 0.533. The van der Waals surface area contributed by atoms with Crippen molar-refractivity contribution in [2.24, 2.45) is 10.7 Å². The number of unbranched alkanes of at least 4 members (excludes halogenated alkanes) is 1. The van der Waals surface area contributed by atoms with Gasteiger partial charge < -0.3 is 20.7 Å². The molecule has 3 N–H and O–H groups in total. The maximum atomic E-state index is 13.5. The van der Waals surface area contributed by atoms with Gasteiger partial charge in [0.25, 0.3) is 0 Å². The van der Waals surface area contributed by atoms with Crippen LogP contribution in [0.5, 0.6) is 0 Å². The Balaban J connectivity index is 2.15. The second-order valence-electron chi connectivity index (χ2n) is 5.01. The van der Waals surface area contributed by atoms with E-state index in [1.165, 1.54) is 12.1 Å². The number of hydrogen-bond acceptors (Lipinski definition) is 3. The van der Waals surface area contributed by atoms with Crippen molar-refractivity contribution in [1.29, 1.82) is 0 Å². The Bertz CT molecular complexity index is 487. The third-order valence-corrected chi connectivity index (χ3v) is 3.37. The first-order chi connectivity index (χ1) is 10.2. The Morgan fingerprint density at radius 2 is 2.19 bits per heavy atom. The van der Waals surface area contributed by atoms with E-state index in [9.17, 15) is 4.39 Å². The molecule has 2 rings (SSSR count). The molecular weight excluding hydrogens is 271 g/mol. The highest BCUT2D eigenvalue weighted by atomic mass is 19.1. The topological polar surface area (TPSA) is 62.9 Å². The second kappa shape index (κ2) is 7.83. The van der Waals surface area contributed by atoms with E-state index >= 15 is 0 Å². The van der Waals surface area contributed by atoms with Crippen molar-refractivity contribution in [3.05, 3.63) is 24.0 Å². The van der Waals surface area contributed by atoms with Gasteiger partial charge in [0, 0.05) is 19.6 Å². The molecule has 0 bridgehead atoms. The maximum Gasteiger partial charge on any atom is 0.193 e. The Morgan fingerprint density at radius 3 is 2.90 bits per heavy atom. The van der Waals surface area contributed by atoms with Crippen molar-refractivity contribution in [3.63, 3.8) is 0 Å². The van der Waals surface area contributed by atoms with Crippen molar-refractivity contribution >= 4 is 17.3 Å². The van der Waals surface area contributed by atoms with E-state index in [2.05, 4.69) is 22.1 Å². The monoisotopic (exact) mass is 294 g/mol. The standard InChI is InChI=1S/C15H23FN4O/c1-2-3-6-18-15(17)19-13-5-4-12(16)11-14(13)20-7-9-21-10-8-20/h4-5,11H,2-3,6-10H2,1H3,(H3,17,18,19). The van der Waals surface area contributed by atoms with Gasteiger partial charge >= 0.3 is 0 Å². The van der Waals surface area contributed by atoms with Crippen LogP contribution >= 0.6 is 0 Å². The molecule has 116 valence electrons. The van der Waals surface area contributed by atoms with Crippen LogP contribution in [0.4, 0.5) is 15.8 Å². The molecule has 0 amide bonds. The van der Waals surface area contributed by atoms with Gasteiger partial charge in [-0.2, -0.15) is 0 Å². The van der Waals surface area contributed by atoms with Crippen molar-refractivity contribution < 1.29 is 9.13 Å². The van der Waals surface area contributed by atoms with Gasteiger partial charge in [-0.25, -0.2) is 9.38 Å². The molecule has 0 atom stereocenters. The Hall–Kier alpha value is -1.82. The summed E-state index contributed by atoms with van der Waals surface area (Å²) in [5, 5.41) is 3.07. The first-order valence-electron chi connectivity index (χ1n) is 7.41. The Morgan fingerprint density at radius 1 is 1.43 bits per heavy atom. The summed E-state index contributed by atoms with van der Waals surface area (Å²) in [6.45, 7) is 5.66. The van der Waals surface area contributed by atoms with Gasteiger partial charge in [0.1, 0.15) is 5.82 Å². The van der Waals surface area contributed by atoms with Crippen molar-refractivity contribution in [3.8, 4) is 0 Å². The SMILES string of the molecule is CCCCNC(N)=Nc1ccc(F)cc1N1CCOCC1. The summed E-state index contributed by atoms with van der Waals surface area (Å²) in [7, 11) is 0. The largest absolute Gasteiger partial charge is 0.378 e. The molecule has 0 saturated carbocycles. The van der Waals surface area contributed by atoms with Gasteiger partial charge in [0.2, 0.25) is 0 Å². The lowest BCUT2D eigenvalue weighted by Gasteiger charge is -2.29. The molecule has 1 fully saturated rings. The second-order valence-corrected chi connectivity index (χ2v) is 5.01. The molecule has 1 aliphatic rings. The number of nitrogens with two attached hydrogens (primary N) is 1. The predicted molar refractivity (Wildman–Crippen MR) is 83.6 cm³/mol. The van der Waals surface area contributed by atoms with Crippen molar-refractivity contribution in [2.45, 2.75) is 19.8 Å². The summed E-state index contributed by atoms with van der Waals surface area (Å²) in [4.78, 5) is 6.46. The fourth-order valence-corrected chi connectivity index (χ4v) is 2.21. The van der Waals surface area contributed by atoms with Crippen LogP contribution in [0.3, 0.4) is 0 Å². The van der Waals surface area contributed by atoms with Gasteiger partial charge in [-0.05, 0) is 24.6 Å². The summed E-state index contributed by atoms with van der Waals surface area (Å²) in [6, 6.07) is 4.57. The number of ether oxygens (including phenoxy) is 1. The van der Waals surface area contributed by atoms with Gasteiger partial charge in [-0.3, -0.25) is 0 Å². The lowest BCUT2D eigenvalue weighted by atomic mass is 10.2. The first-order valence-corrected chi connectivity index (χ1v) is 7.41. The average molecular weight is 294 g/mol. The summed E-state index contributed by atoms with van der Waals surface area (Å²) < 4.78 is 18.9. The maximum absolute atomic E-state index is 13.5. The summed E-state index contributed by atoms with van der Waals surface area (Å²) in [5.41, 5.74) is 7.33. The minimum atomic E-state index is -0.270. The number of benzene rings is 1.